The highest BCUT2D eigenvalue weighted by Gasteiger charge is 2.26. The molecular formula is C35H56N2O3. The quantitative estimate of drug-likeness (QED) is 0.202. The molecule has 224 valence electrons. The van der Waals surface area contributed by atoms with Gasteiger partial charge in [-0.1, -0.05) is 113 Å². The first-order chi connectivity index (χ1) is 19.1. The molecule has 0 spiro atoms. The van der Waals surface area contributed by atoms with Gasteiger partial charge in [-0.25, -0.2) is 0 Å². The van der Waals surface area contributed by atoms with Gasteiger partial charge in [-0.15, -0.1) is 0 Å². The molecule has 0 aromatic rings. The lowest BCUT2D eigenvalue weighted by Gasteiger charge is -2.32. The highest BCUT2D eigenvalue weighted by atomic mass is 16.3. The van der Waals surface area contributed by atoms with Crippen molar-refractivity contribution < 1.29 is 14.7 Å². The Morgan fingerprint density at radius 2 is 1.52 bits per heavy atom. The van der Waals surface area contributed by atoms with Crippen molar-refractivity contribution in [1.29, 1.82) is 0 Å². The van der Waals surface area contributed by atoms with Crippen LogP contribution >= 0.6 is 0 Å². The van der Waals surface area contributed by atoms with Crippen LogP contribution < -0.4 is 10.6 Å². The predicted molar refractivity (Wildman–Crippen MR) is 168 cm³/mol. The molecule has 2 aliphatic rings. The Hall–Kier alpha value is -2.40. The summed E-state index contributed by atoms with van der Waals surface area (Å²) in [5.41, 5.74) is 5.05. The number of allylic oxidation sites excluding steroid dienone is 9. The number of aliphatic hydroxyl groups excluding tert-OH is 1. The lowest BCUT2D eigenvalue weighted by Crippen LogP contribution is -2.51. The molecule has 2 aliphatic carbocycles. The van der Waals surface area contributed by atoms with Gasteiger partial charge in [0.1, 0.15) is 6.04 Å². The molecule has 1 fully saturated rings. The van der Waals surface area contributed by atoms with Crippen LogP contribution in [0.2, 0.25) is 0 Å². The van der Waals surface area contributed by atoms with Crippen LogP contribution in [0, 0.1) is 5.41 Å². The van der Waals surface area contributed by atoms with Gasteiger partial charge in [-0.3, -0.25) is 9.59 Å². The Bertz CT molecular complexity index is 955. The van der Waals surface area contributed by atoms with Gasteiger partial charge in [0.25, 0.3) is 0 Å². The average molecular weight is 553 g/mol. The molecule has 0 saturated heterocycles. The van der Waals surface area contributed by atoms with Crippen LogP contribution in [-0.2, 0) is 9.59 Å². The number of carbonyl (C=O) groups excluding carboxylic acids is 2. The van der Waals surface area contributed by atoms with Crippen molar-refractivity contribution in [3.63, 3.8) is 0 Å². The third-order valence-corrected chi connectivity index (χ3v) is 8.40. The minimum absolute atomic E-state index is 0.103. The standard InChI is InChI=1S/C35H56N2O3/c1-27(22-23-31-29(3)19-16-24-35(31,4)5)17-15-18-28(2)25-33(39)37-32(26-38)34(40)36-30-20-13-11-9-7-6-8-10-12-14-21-30/h15,17-18,22-23,25,30,32,38H,6-14,16,19-21,24,26H2,1-5H3,(H,36,40)(H,37,39)/t32-/m0/s1. The van der Waals surface area contributed by atoms with Gasteiger partial charge >= 0.3 is 0 Å². The minimum Gasteiger partial charge on any atom is -0.394 e. The van der Waals surface area contributed by atoms with Gasteiger partial charge in [0.2, 0.25) is 11.8 Å². The van der Waals surface area contributed by atoms with Gasteiger partial charge in [0.05, 0.1) is 6.61 Å². The van der Waals surface area contributed by atoms with Crippen LogP contribution in [0.5, 0.6) is 0 Å². The summed E-state index contributed by atoms with van der Waals surface area (Å²) >= 11 is 0. The van der Waals surface area contributed by atoms with E-state index in [2.05, 4.69) is 50.5 Å². The fraction of sp³-hybridized carbons (Fsp3) is 0.657. The summed E-state index contributed by atoms with van der Waals surface area (Å²) in [6.45, 7) is 10.4. The summed E-state index contributed by atoms with van der Waals surface area (Å²) < 4.78 is 0. The molecule has 2 rings (SSSR count). The first-order valence-corrected chi connectivity index (χ1v) is 15.8. The number of hydrogen-bond donors (Lipinski definition) is 3. The highest BCUT2D eigenvalue weighted by molar-refractivity contribution is 5.93. The second-order valence-electron chi connectivity index (χ2n) is 12.6. The molecule has 3 N–H and O–H groups in total. The smallest absolute Gasteiger partial charge is 0.245 e. The molecule has 1 atom stereocenters. The normalized spacial score (nSPS) is 21.6. The Kier molecular flexibility index (Phi) is 15.3. The molecule has 2 amide bonds. The van der Waals surface area contributed by atoms with E-state index in [0.29, 0.717) is 0 Å². The number of carbonyl (C=O) groups is 2. The van der Waals surface area contributed by atoms with E-state index in [4.69, 9.17) is 0 Å². The van der Waals surface area contributed by atoms with Gasteiger partial charge in [-0.2, -0.15) is 0 Å². The molecule has 5 nitrogen and oxygen atoms in total. The SMILES string of the molecule is CC(C=CC1=C(C)CCCC1(C)C)=CC=CC(C)=CC(=O)N[C@@H](CO)C(=O)NC1CCCCCCCCCCC1. The van der Waals surface area contributed by atoms with Crippen LogP contribution in [0.4, 0.5) is 0 Å². The maximum Gasteiger partial charge on any atom is 0.245 e. The van der Waals surface area contributed by atoms with E-state index >= 15 is 0 Å². The Balaban J connectivity index is 1.89. The Morgan fingerprint density at radius 1 is 0.925 bits per heavy atom. The highest BCUT2D eigenvalue weighted by Crippen LogP contribution is 2.40. The fourth-order valence-corrected chi connectivity index (χ4v) is 5.90. The van der Waals surface area contributed by atoms with Gasteiger partial charge in [0.15, 0.2) is 0 Å². The monoisotopic (exact) mass is 552 g/mol. The maximum atomic E-state index is 12.9. The molecule has 0 heterocycles. The van der Waals surface area contributed by atoms with Gasteiger partial charge in [0, 0.05) is 12.1 Å². The molecule has 0 bridgehead atoms. The van der Waals surface area contributed by atoms with Crippen molar-refractivity contribution in [2.75, 3.05) is 6.61 Å². The third kappa shape index (κ3) is 12.8. The predicted octanol–water partition coefficient (Wildman–Crippen LogP) is 7.78. The van der Waals surface area contributed by atoms with E-state index in [1.807, 2.05) is 25.2 Å². The zero-order valence-electron chi connectivity index (χ0n) is 26.0. The van der Waals surface area contributed by atoms with E-state index < -0.39 is 12.6 Å². The summed E-state index contributed by atoms with van der Waals surface area (Å²) in [7, 11) is 0. The number of rotatable bonds is 9. The molecule has 1 saturated carbocycles. The van der Waals surface area contributed by atoms with E-state index in [9.17, 15) is 14.7 Å². The summed E-state index contributed by atoms with van der Waals surface area (Å²) in [4.78, 5) is 25.5. The third-order valence-electron chi connectivity index (χ3n) is 8.40. The topological polar surface area (TPSA) is 78.4 Å². The van der Waals surface area contributed by atoms with E-state index in [-0.39, 0.29) is 23.3 Å². The average Bonchev–Trinajstić information content (AvgIpc) is 2.88. The van der Waals surface area contributed by atoms with Crippen molar-refractivity contribution in [2.45, 2.75) is 137 Å². The molecule has 40 heavy (non-hydrogen) atoms. The van der Waals surface area contributed by atoms with Crippen LogP contribution in [0.15, 0.2) is 58.7 Å². The molecular weight excluding hydrogens is 496 g/mol. The van der Waals surface area contributed by atoms with Crippen molar-refractivity contribution >= 4 is 11.8 Å². The molecule has 0 aliphatic heterocycles. The minimum atomic E-state index is -0.948. The second-order valence-corrected chi connectivity index (χ2v) is 12.6. The largest absolute Gasteiger partial charge is 0.394 e. The van der Waals surface area contributed by atoms with E-state index in [0.717, 1.165) is 36.8 Å². The number of hydrogen-bond acceptors (Lipinski definition) is 3. The molecule has 0 radical (unpaired) electrons. The van der Waals surface area contributed by atoms with E-state index in [1.54, 1.807) is 0 Å². The number of aliphatic hydroxyl groups is 1. The summed E-state index contributed by atoms with van der Waals surface area (Å²) in [6, 6.07) is -0.845. The molecule has 0 unspecified atom stereocenters. The van der Waals surface area contributed by atoms with Gasteiger partial charge in [-0.05, 0) is 69.4 Å². The van der Waals surface area contributed by atoms with Crippen LogP contribution in [0.25, 0.3) is 0 Å². The lowest BCUT2D eigenvalue weighted by atomic mass is 9.72. The first kappa shape index (κ1) is 33.8. The zero-order valence-corrected chi connectivity index (χ0v) is 26.0. The molecule has 0 aromatic carbocycles. The van der Waals surface area contributed by atoms with Crippen molar-refractivity contribution in [1.82, 2.24) is 10.6 Å². The zero-order chi connectivity index (χ0) is 29.4. The van der Waals surface area contributed by atoms with Crippen molar-refractivity contribution in [3.05, 3.63) is 58.7 Å². The Morgan fingerprint density at radius 3 is 2.10 bits per heavy atom. The van der Waals surface area contributed by atoms with Crippen LogP contribution in [0.3, 0.4) is 0 Å². The maximum absolute atomic E-state index is 12.9. The summed E-state index contributed by atoms with van der Waals surface area (Å²) in [5, 5.41) is 15.6. The first-order valence-electron chi connectivity index (χ1n) is 15.8. The summed E-state index contributed by atoms with van der Waals surface area (Å²) in [6.07, 6.45) is 28.4. The summed E-state index contributed by atoms with van der Waals surface area (Å²) in [5.74, 6) is -0.677. The van der Waals surface area contributed by atoms with Crippen LogP contribution in [0.1, 0.15) is 125 Å². The Labute approximate surface area is 244 Å². The number of nitrogens with one attached hydrogen (secondary N) is 2. The molecule has 0 aromatic heterocycles. The van der Waals surface area contributed by atoms with Gasteiger partial charge < -0.3 is 15.7 Å². The number of amides is 2. The fourth-order valence-electron chi connectivity index (χ4n) is 5.90. The van der Waals surface area contributed by atoms with Crippen molar-refractivity contribution in [2.24, 2.45) is 5.41 Å². The van der Waals surface area contributed by atoms with Crippen LogP contribution in [-0.4, -0.2) is 35.6 Å². The lowest BCUT2D eigenvalue weighted by molar-refractivity contribution is -0.128. The second kappa shape index (κ2) is 18.1. The van der Waals surface area contributed by atoms with E-state index in [1.165, 1.54) is 81.4 Å². The van der Waals surface area contributed by atoms with Crippen molar-refractivity contribution in [3.8, 4) is 0 Å². The molecule has 5 heteroatoms.